The Morgan fingerprint density at radius 1 is 1.23 bits per heavy atom. The molecule has 0 bridgehead atoms. The first-order valence-corrected chi connectivity index (χ1v) is 7.98. The number of imidazole rings is 1. The maximum absolute atomic E-state index is 11.7. The number of rotatable bonds is 7. The van der Waals surface area contributed by atoms with E-state index in [0.717, 1.165) is 32.6 Å². The quantitative estimate of drug-likeness (QED) is 0.727. The lowest BCUT2D eigenvalue weighted by atomic mass is 10.2. The molecule has 0 unspecified atom stereocenters. The predicted octanol–water partition coefficient (Wildman–Crippen LogP) is 0.682. The summed E-state index contributed by atoms with van der Waals surface area (Å²) in [4.78, 5) is 18.0. The molecule has 124 valence electrons. The predicted molar refractivity (Wildman–Crippen MR) is 84.7 cm³/mol. The van der Waals surface area contributed by atoms with E-state index in [-0.39, 0.29) is 18.2 Å². The maximum Gasteiger partial charge on any atom is 0.314 e. The minimum absolute atomic E-state index is 0.0972. The summed E-state index contributed by atoms with van der Waals surface area (Å²) in [5, 5.41) is 5.78. The number of ether oxygens (including phenoxy) is 1. The highest BCUT2D eigenvalue weighted by atomic mass is 16.5. The van der Waals surface area contributed by atoms with Gasteiger partial charge in [-0.15, -0.1) is 0 Å². The minimum atomic E-state index is -0.0972. The molecule has 1 aliphatic heterocycles. The first-order valence-electron chi connectivity index (χ1n) is 7.98. The van der Waals surface area contributed by atoms with Gasteiger partial charge in [0, 0.05) is 51.7 Å². The van der Waals surface area contributed by atoms with E-state index in [4.69, 9.17) is 4.74 Å². The highest BCUT2D eigenvalue weighted by molar-refractivity contribution is 5.73. The fourth-order valence-electron chi connectivity index (χ4n) is 2.74. The van der Waals surface area contributed by atoms with Crippen LogP contribution in [0.4, 0.5) is 4.79 Å². The number of nitrogens with zero attached hydrogens (tertiary/aromatic N) is 3. The standard InChI is InChI=1S/C15H27N5O2/c1-13-10-20(11-14(2)22-13)9-6-18-15(21)17-4-3-7-19-8-5-16-12-19/h5,8,12-14H,3-4,6-7,9-11H2,1-2H3,(H2,17,18,21)/t13-,14-/m1/s1. The first kappa shape index (κ1) is 16.8. The third-order valence-electron chi connectivity index (χ3n) is 3.65. The van der Waals surface area contributed by atoms with Gasteiger partial charge in [0.05, 0.1) is 18.5 Å². The van der Waals surface area contributed by atoms with E-state index in [2.05, 4.69) is 34.4 Å². The lowest BCUT2D eigenvalue weighted by molar-refractivity contribution is -0.0672. The molecule has 7 heteroatoms. The van der Waals surface area contributed by atoms with E-state index < -0.39 is 0 Å². The van der Waals surface area contributed by atoms with Crippen LogP contribution in [0.15, 0.2) is 18.7 Å². The molecule has 2 heterocycles. The van der Waals surface area contributed by atoms with Crippen molar-refractivity contribution < 1.29 is 9.53 Å². The molecule has 2 rings (SSSR count). The minimum Gasteiger partial charge on any atom is -0.373 e. The maximum atomic E-state index is 11.7. The second-order valence-corrected chi connectivity index (χ2v) is 5.85. The van der Waals surface area contributed by atoms with Crippen LogP contribution in [0.2, 0.25) is 0 Å². The summed E-state index contributed by atoms with van der Waals surface area (Å²) in [5.41, 5.74) is 0. The van der Waals surface area contributed by atoms with Crippen LogP contribution >= 0.6 is 0 Å². The SMILES string of the molecule is C[C@@H]1CN(CCNC(=O)NCCCn2ccnc2)C[C@@H](C)O1. The van der Waals surface area contributed by atoms with Crippen molar-refractivity contribution in [3.8, 4) is 0 Å². The van der Waals surface area contributed by atoms with Crippen LogP contribution in [0.3, 0.4) is 0 Å². The van der Waals surface area contributed by atoms with Gasteiger partial charge in [-0.25, -0.2) is 9.78 Å². The molecule has 22 heavy (non-hydrogen) atoms. The van der Waals surface area contributed by atoms with Gasteiger partial charge in [-0.05, 0) is 20.3 Å². The number of aromatic nitrogens is 2. The zero-order valence-electron chi connectivity index (χ0n) is 13.5. The summed E-state index contributed by atoms with van der Waals surface area (Å²) in [6.45, 7) is 9.08. The largest absolute Gasteiger partial charge is 0.373 e. The number of hydrogen-bond acceptors (Lipinski definition) is 4. The normalized spacial score (nSPS) is 22.5. The molecule has 1 aromatic rings. The van der Waals surface area contributed by atoms with Crippen LogP contribution in [0.5, 0.6) is 0 Å². The molecule has 0 aromatic carbocycles. The van der Waals surface area contributed by atoms with E-state index in [1.165, 1.54) is 0 Å². The number of carbonyl (C=O) groups is 1. The van der Waals surface area contributed by atoms with Crippen LogP contribution < -0.4 is 10.6 Å². The topological polar surface area (TPSA) is 71.4 Å². The fourth-order valence-corrected chi connectivity index (χ4v) is 2.74. The summed E-state index contributed by atoms with van der Waals surface area (Å²) < 4.78 is 7.69. The third kappa shape index (κ3) is 6.03. The van der Waals surface area contributed by atoms with Gasteiger partial charge in [-0.3, -0.25) is 4.90 Å². The van der Waals surface area contributed by atoms with Crippen molar-refractivity contribution in [2.24, 2.45) is 0 Å². The van der Waals surface area contributed by atoms with Crippen molar-refractivity contribution in [2.75, 3.05) is 32.7 Å². The van der Waals surface area contributed by atoms with Gasteiger partial charge in [0.2, 0.25) is 0 Å². The second kappa shape index (κ2) is 8.75. The van der Waals surface area contributed by atoms with E-state index in [1.54, 1.807) is 12.5 Å². The van der Waals surface area contributed by atoms with Crippen molar-refractivity contribution in [2.45, 2.75) is 39.0 Å². The number of carbonyl (C=O) groups excluding carboxylic acids is 1. The van der Waals surface area contributed by atoms with Crippen LogP contribution in [-0.4, -0.2) is 65.4 Å². The molecule has 2 N–H and O–H groups in total. The van der Waals surface area contributed by atoms with Crippen LogP contribution in [0, 0.1) is 0 Å². The zero-order valence-corrected chi connectivity index (χ0v) is 13.5. The molecule has 0 radical (unpaired) electrons. The Kier molecular flexibility index (Phi) is 6.67. The van der Waals surface area contributed by atoms with E-state index in [0.29, 0.717) is 13.1 Å². The number of amides is 2. The van der Waals surface area contributed by atoms with Crippen LogP contribution in [0.1, 0.15) is 20.3 Å². The van der Waals surface area contributed by atoms with Gasteiger partial charge in [0.25, 0.3) is 0 Å². The molecule has 0 aliphatic carbocycles. The van der Waals surface area contributed by atoms with Gasteiger partial charge in [-0.2, -0.15) is 0 Å². The highest BCUT2D eigenvalue weighted by Crippen LogP contribution is 2.09. The van der Waals surface area contributed by atoms with Crippen LogP contribution in [0.25, 0.3) is 0 Å². The smallest absolute Gasteiger partial charge is 0.314 e. The number of morpholine rings is 1. The first-order chi connectivity index (χ1) is 10.6. The lowest BCUT2D eigenvalue weighted by Gasteiger charge is -2.35. The molecule has 2 amide bonds. The van der Waals surface area contributed by atoms with Gasteiger partial charge in [0.1, 0.15) is 0 Å². The summed E-state index contributed by atoms with van der Waals surface area (Å²) in [7, 11) is 0. The molecular formula is C15H27N5O2. The molecule has 1 fully saturated rings. The summed E-state index contributed by atoms with van der Waals surface area (Å²) in [6.07, 6.45) is 6.88. The molecule has 1 aliphatic rings. The molecular weight excluding hydrogens is 282 g/mol. The van der Waals surface area contributed by atoms with Gasteiger partial charge in [0.15, 0.2) is 0 Å². The molecule has 0 spiro atoms. The Morgan fingerprint density at radius 3 is 2.64 bits per heavy atom. The number of nitrogens with one attached hydrogen (secondary N) is 2. The molecule has 1 saturated heterocycles. The Bertz CT molecular complexity index is 427. The monoisotopic (exact) mass is 309 g/mol. The Labute approximate surface area is 132 Å². The third-order valence-corrected chi connectivity index (χ3v) is 3.65. The molecule has 1 aromatic heterocycles. The van der Waals surface area contributed by atoms with Gasteiger partial charge in [-0.1, -0.05) is 0 Å². The summed E-state index contributed by atoms with van der Waals surface area (Å²) in [5.74, 6) is 0. The average Bonchev–Trinajstić information content (AvgIpc) is 2.96. The fraction of sp³-hybridized carbons (Fsp3) is 0.733. The van der Waals surface area contributed by atoms with E-state index >= 15 is 0 Å². The lowest BCUT2D eigenvalue weighted by Crippen LogP contribution is -2.48. The van der Waals surface area contributed by atoms with Gasteiger partial charge < -0.3 is 19.9 Å². The number of urea groups is 1. The number of hydrogen-bond donors (Lipinski definition) is 2. The Morgan fingerprint density at radius 2 is 1.95 bits per heavy atom. The van der Waals surface area contributed by atoms with Crippen molar-refractivity contribution in [1.29, 1.82) is 0 Å². The Balaban J connectivity index is 1.50. The van der Waals surface area contributed by atoms with Crippen molar-refractivity contribution in [3.05, 3.63) is 18.7 Å². The Hall–Kier alpha value is -1.60. The van der Waals surface area contributed by atoms with Crippen molar-refractivity contribution in [3.63, 3.8) is 0 Å². The summed E-state index contributed by atoms with van der Waals surface area (Å²) in [6, 6.07) is -0.0972. The highest BCUT2D eigenvalue weighted by Gasteiger charge is 2.21. The van der Waals surface area contributed by atoms with Gasteiger partial charge >= 0.3 is 6.03 Å². The van der Waals surface area contributed by atoms with E-state index in [1.807, 2.05) is 10.8 Å². The van der Waals surface area contributed by atoms with Crippen molar-refractivity contribution >= 4 is 6.03 Å². The molecule has 0 saturated carbocycles. The number of aryl methyl sites for hydroxylation is 1. The average molecular weight is 309 g/mol. The second-order valence-electron chi connectivity index (χ2n) is 5.85. The zero-order chi connectivity index (χ0) is 15.8. The van der Waals surface area contributed by atoms with E-state index in [9.17, 15) is 4.79 Å². The molecule has 2 atom stereocenters. The molecule has 7 nitrogen and oxygen atoms in total. The van der Waals surface area contributed by atoms with Crippen molar-refractivity contribution in [1.82, 2.24) is 25.1 Å². The van der Waals surface area contributed by atoms with Crippen LogP contribution in [-0.2, 0) is 11.3 Å². The summed E-state index contributed by atoms with van der Waals surface area (Å²) >= 11 is 0.